The van der Waals surface area contributed by atoms with E-state index in [1.807, 2.05) is 6.92 Å². The van der Waals surface area contributed by atoms with Crippen LogP contribution in [0.3, 0.4) is 0 Å². The maximum Gasteiger partial charge on any atom is 0.274 e. The van der Waals surface area contributed by atoms with Crippen LogP contribution in [0.25, 0.3) is 0 Å². The number of rotatable bonds is 4. The molecule has 0 aromatic carbocycles. The summed E-state index contributed by atoms with van der Waals surface area (Å²) in [5.74, 6) is -4.04. The van der Waals surface area contributed by atoms with E-state index < -0.39 is 11.8 Å². The quantitative estimate of drug-likeness (QED) is 0.846. The second kappa shape index (κ2) is 5.87. The van der Waals surface area contributed by atoms with Gasteiger partial charge in [0.05, 0.1) is 12.5 Å². The van der Waals surface area contributed by atoms with Crippen molar-refractivity contribution >= 4 is 5.91 Å². The van der Waals surface area contributed by atoms with Crippen LogP contribution in [0.15, 0.2) is 12.3 Å². The molecule has 0 spiro atoms. The number of likely N-dealkylation sites (tertiary alicyclic amines) is 1. The summed E-state index contributed by atoms with van der Waals surface area (Å²) < 4.78 is 33.9. The highest BCUT2D eigenvalue weighted by Gasteiger charge is 2.45. The van der Waals surface area contributed by atoms with E-state index in [2.05, 4.69) is 5.10 Å². The molecule has 112 valence electrons. The number of hydrogen-bond acceptors (Lipinski definition) is 3. The molecule has 0 N–H and O–H groups in total. The van der Waals surface area contributed by atoms with Crippen molar-refractivity contribution < 1.29 is 18.3 Å². The Kier molecular flexibility index (Phi) is 4.37. The fourth-order valence-corrected chi connectivity index (χ4v) is 2.35. The van der Waals surface area contributed by atoms with E-state index in [1.54, 1.807) is 16.9 Å². The number of hydrogen-bond donors (Lipinski definition) is 0. The number of carbonyl (C=O) groups excluding carboxylic acids is 1. The number of carbonyl (C=O) groups is 1. The normalized spacial score (nSPS) is 22.0. The number of alkyl halides is 2. The lowest BCUT2D eigenvalue weighted by molar-refractivity contribution is -0.118. The molecule has 2 heterocycles. The van der Waals surface area contributed by atoms with Gasteiger partial charge in [-0.2, -0.15) is 5.10 Å². The molecule has 1 aliphatic rings. The van der Waals surface area contributed by atoms with Gasteiger partial charge in [0, 0.05) is 39.4 Å². The van der Waals surface area contributed by atoms with Crippen LogP contribution < -0.4 is 0 Å². The second-order valence-corrected chi connectivity index (χ2v) is 4.97. The molecule has 0 aliphatic carbocycles. The lowest BCUT2D eigenvalue weighted by Crippen LogP contribution is -2.50. The van der Waals surface area contributed by atoms with E-state index in [0.717, 1.165) is 0 Å². The average Bonchev–Trinajstić information content (AvgIpc) is 2.89. The summed E-state index contributed by atoms with van der Waals surface area (Å²) in [6.45, 7) is 2.57. The number of halogens is 2. The van der Waals surface area contributed by atoms with Crippen molar-refractivity contribution in [3.63, 3.8) is 0 Å². The maximum absolute atomic E-state index is 13.7. The van der Waals surface area contributed by atoms with E-state index in [0.29, 0.717) is 12.2 Å². The first-order valence-corrected chi connectivity index (χ1v) is 6.67. The summed E-state index contributed by atoms with van der Waals surface area (Å²) in [6, 6.07) is 1.61. The van der Waals surface area contributed by atoms with Crippen molar-refractivity contribution in [2.75, 3.05) is 26.8 Å². The smallest absolute Gasteiger partial charge is 0.274 e. The van der Waals surface area contributed by atoms with Gasteiger partial charge in [-0.05, 0) is 13.0 Å². The second-order valence-electron chi connectivity index (χ2n) is 4.97. The van der Waals surface area contributed by atoms with Gasteiger partial charge < -0.3 is 9.64 Å². The highest BCUT2D eigenvalue weighted by atomic mass is 19.3. The lowest BCUT2D eigenvalue weighted by Gasteiger charge is -2.37. The molecule has 1 saturated heterocycles. The van der Waals surface area contributed by atoms with Crippen LogP contribution >= 0.6 is 0 Å². The molecule has 1 fully saturated rings. The predicted molar refractivity (Wildman–Crippen MR) is 68.7 cm³/mol. The number of ether oxygens (including phenoxy) is 1. The largest absolute Gasteiger partial charge is 0.384 e. The fourth-order valence-electron chi connectivity index (χ4n) is 2.35. The van der Waals surface area contributed by atoms with Crippen LogP contribution in [-0.4, -0.2) is 53.3 Å². The van der Waals surface area contributed by atoms with Crippen LogP contribution in [0.4, 0.5) is 8.78 Å². The molecule has 1 amide bonds. The molecule has 1 aromatic rings. The molecular formula is C13H19F2N3O2. The van der Waals surface area contributed by atoms with Gasteiger partial charge in [0.25, 0.3) is 11.8 Å². The molecule has 0 bridgehead atoms. The summed E-state index contributed by atoms with van der Waals surface area (Å²) in [5, 5.41) is 4.12. The molecule has 7 heteroatoms. The molecule has 1 unspecified atom stereocenters. The number of amides is 1. The maximum atomic E-state index is 13.7. The van der Waals surface area contributed by atoms with E-state index >= 15 is 0 Å². The zero-order valence-corrected chi connectivity index (χ0v) is 11.7. The Morgan fingerprint density at radius 2 is 2.35 bits per heavy atom. The Balaban J connectivity index is 2.07. The number of aromatic nitrogens is 2. The van der Waals surface area contributed by atoms with Gasteiger partial charge >= 0.3 is 0 Å². The van der Waals surface area contributed by atoms with Crippen LogP contribution in [0.5, 0.6) is 0 Å². The molecule has 5 nitrogen and oxygen atoms in total. The monoisotopic (exact) mass is 287 g/mol. The van der Waals surface area contributed by atoms with Crippen molar-refractivity contribution in [2.45, 2.75) is 25.8 Å². The summed E-state index contributed by atoms with van der Waals surface area (Å²) in [6.07, 6.45) is 1.37. The van der Waals surface area contributed by atoms with Crippen molar-refractivity contribution in [3.05, 3.63) is 18.0 Å². The Labute approximate surface area is 116 Å². The third-order valence-corrected chi connectivity index (χ3v) is 3.59. The van der Waals surface area contributed by atoms with Gasteiger partial charge in [-0.3, -0.25) is 9.48 Å². The number of methoxy groups -OCH3 is 1. The van der Waals surface area contributed by atoms with Crippen LogP contribution in [-0.2, 0) is 11.3 Å². The Morgan fingerprint density at radius 3 is 2.95 bits per heavy atom. The third kappa shape index (κ3) is 2.98. The Morgan fingerprint density at radius 1 is 1.60 bits per heavy atom. The minimum absolute atomic E-state index is 0.00133. The van der Waals surface area contributed by atoms with Crippen molar-refractivity contribution in [3.8, 4) is 0 Å². The van der Waals surface area contributed by atoms with Gasteiger partial charge in [0.1, 0.15) is 5.69 Å². The Bertz CT molecular complexity index is 476. The van der Waals surface area contributed by atoms with Crippen molar-refractivity contribution in [1.29, 1.82) is 0 Å². The van der Waals surface area contributed by atoms with Crippen molar-refractivity contribution in [1.82, 2.24) is 14.7 Å². The topological polar surface area (TPSA) is 47.4 Å². The van der Waals surface area contributed by atoms with Crippen LogP contribution in [0, 0.1) is 5.92 Å². The average molecular weight is 287 g/mol. The molecule has 0 radical (unpaired) electrons. The fraction of sp³-hybridized carbons (Fsp3) is 0.692. The van der Waals surface area contributed by atoms with Crippen LogP contribution in [0.2, 0.25) is 0 Å². The summed E-state index contributed by atoms with van der Waals surface area (Å²) in [5.41, 5.74) is 0.299. The zero-order valence-electron chi connectivity index (χ0n) is 11.7. The minimum Gasteiger partial charge on any atom is -0.384 e. The third-order valence-electron chi connectivity index (χ3n) is 3.59. The van der Waals surface area contributed by atoms with Gasteiger partial charge in [-0.1, -0.05) is 0 Å². The first kappa shape index (κ1) is 14.9. The molecule has 20 heavy (non-hydrogen) atoms. The highest BCUT2D eigenvalue weighted by molar-refractivity contribution is 5.92. The number of nitrogens with zero attached hydrogens (tertiary/aromatic N) is 3. The van der Waals surface area contributed by atoms with E-state index in [-0.39, 0.29) is 32.0 Å². The van der Waals surface area contributed by atoms with E-state index in [1.165, 1.54) is 12.0 Å². The Hall–Kier alpha value is -1.50. The SMILES string of the molecule is CCn1ccc(C(=O)N2CCC(F)(F)C(COC)C2)n1. The summed E-state index contributed by atoms with van der Waals surface area (Å²) >= 11 is 0. The predicted octanol–water partition coefficient (Wildman–Crippen LogP) is 1.65. The van der Waals surface area contributed by atoms with E-state index in [4.69, 9.17) is 4.74 Å². The molecule has 2 rings (SSSR count). The van der Waals surface area contributed by atoms with E-state index in [9.17, 15) is 13.6 Å². The van der Waals surface area contributed by atoms with Crippen molar-refractivity contribution in [2.24, 2.45) is 5.92 Å². The molecule has 0 saturated carbocycles. The van der Waals surface area contributed by atoms with Gasteiger partial charge in [-0.25, -0.2) is 8.78 Å². The molecule has 1 aromatic heterocycles. The summed E-state index contributed by atoms with van der Waals surface area (Å²) in [4.78, 5) is 13.7. The lowest BCUT2D eigenvalue weighted by atomic mass is 9.94. The molecule has 1 atom stereocenters. The van der Waals surface area contributed by atoms with Crippen LogP contribution in [0.1, 0.15) is 23.8 Å². The highest BCUT2D eigenvalue weighted by Crippen LogP contribution is 2.34. The summed E-state index contributed by atoms with van der Waals surface area (Å²) in [7, 11) is 1.39. The standard InChI is InChI=1S/C13H19F2N3O2/c1-3-18-6-4-11(16-18)12(19)17-7-5-13(14,15)10(8-17)9-20-2/h4,6,10H,3,5,7-9H2,1-2H3. The van der Waals surface area contributed by atoms with Gasteiger partial charge in [0.15, 0.2) is 0 Å². The molecule has 1 aliphatic heterocycles. The first-order chi connectivity index (χ1) is 9.47. The van der Waals surface area contributed by atoms with Gasteiger partial charge in [-0.15, -0.1) is 0 Å². The minimum atomic E-state index is -2.78. The zero-order chi connectivity index (χ0) is 14.8. The number of piperidine rings is 1. The van der Waals surface area contributed by atoms with Gasteiger partial charge in [0.2, 0.25) is 0 Å². The first-order valence-electron chi connectivity index (χ1n) is 6.67. The molecular weight excluding hydrogens is 268 g/mol. The number of aryl methyl sites for hydroxylation is 1.